The molecule has 5 nitrogen and oxygen atoms in total. The molecule has 0 aliphatic carbocycles. The number of amides is 1. The van der Waals surface area contributed by atoms with E-state index >= 15 is 0 Å². The van der Waals surface area contributed by atoms with Crippen molar-refractivity contribution in [2.24, 2.45) is 0 Å². The SMILES string of the molecule is COc1ccc(SC(C)C(=O)N2CCNCC2c2ccccc2OC)cc1.Cl. The monoisotopic (exact) mass is 422 g/mol. The highest BCUT2D eigenvalue weighted by Crippen LogP contribution is 2.33. The molecule has 1 N–H and O–H groups in total. The molecule has 0 bridgehead atoms. The number of carbonyl (C=O) groups is 1. The van der Waals surface area contributed by atoms with Gasteiger partial charge < -0.3 is 19.7 Å². The third kappa shape index (κ3) is 5.13. The lowest BCUT2D eigenvalue weighted by atomic mass is 10.0. The fourth-order valence-electron chi connectivity index (χ4n) is 3.33. The van der Waals surface area contributed by atoms with Crippen molar-refractivity contribution >= 4 is 30.1 Å². The van der Waals surface area contributed by atoms with Crippen LogP contribution in [-0.4, -0.2) is 49.9 Å². The summed E-state index contributed by atoms with van der Waals surface area (Å²) < 4.78 is 10.7. The standard InChI is InChI=1S/C21H26N2O3S.ClH/c1-15(27-17-10-8-16(25-2)9-11-17)21(24)23-13-12-22-14-19(23)18-6-4-5-7-20(18)26-3;/h4-11,15,19,22H,12-14H2,1-3H3;1H. The third-order valence-corrected chi connectivity index (χ3v) is 5.84. The summed E-state index contributed by atoms with van der Waals surface area (Å²) in [5.74, 6) is 1.78. The highest BCUT2D eigenvalue weighted by molar-refractivity contribution is 8.00. The Morgan fingerprint density at radius 1 is 1.14 bits per heavy atom. The molecule has 1 saturated heterocycles. The van der Waals surface area contributed by atoms with E-state index in [1.807, 2.05) is 60.4 Å². The van der Waals surface area contributed by atoms with Crippen molar-refractivity contribution in [3.8, 4) is 11.5 Å². The van der Waals surface area contributed by atoms with E-state index in [1.54, 1.807) is 26.0 Å². The first-order chi connectivity index (χ1) is 13.1. The summed E-state index contributed by atoms with van der Waals surface area (Å²) in [5.41, 5.74) is 1.04. The fraction of sp³-hybridized carbons (Fsp3) is 0.381. The molecular weight excluding hydrogens is 396 g/mol. The maximum absolute atomic E-state index is 13.2. The number of nitrogens with one attached hydrogen (secondary N) is 1. The Bertz CT molecular complexity index is 773. The van der Waals surface area contributed by atoms with E-state index in [0.717, 1.165) is 35.0 Å². The molecule has 0 radical (unpaired) electrons. The maximum Gasteiger partial charge on any atom is 0.236 e. The van der Waals surface area contributed by atoms with Gasteiger partial charge in [-0.05, 0) is 37.3 Å². The van der Waals surface area contributed by atoms with Crippen LogP contribution in [0.4, 0.5) is 0 Å². The smallest absolute Gasteiger partial charge is 0.236 e. The number of thioether (sulfide) groups is 1. The number of benzene rings is 2. The van der Waals surface area contributed by atoms with Crippen molar-refractivity contribution in [3.63, 3.8) is 0 Å². The van der Waals surface area contributed by atoms with Gasteiger partial charge in [0, 0.05) is 30.1 Å². The van der Waals surface area contributed by atoms with E-state index < -0.39 is 0 Å². The summed E-state index contributed by atoms with van der Waals surface area (Å²) in [4.78, 5) is 16.3. The predicted molar refractivity (Wildman–Crippen MR) is 116 cm³/mol. The number of hydrogen-bond acceptors (Lipinski definition) is 5. The molecule has 7 heteroatoms. The summed E-state index contributed by atoms with van der Waals surface area (Å²) in [5, 5.41) is 3.23. The third-order valence-electron chi connectivity index (χ3n) is 4.74. The average molecular weight is 423 g/mol. The van der Waals surface area contributed by atoms with E-state index in [0.29, 0.717) is 6.54 Å². The predicted octanol–water partition coefficient (Wildman–Crippen LogP) is 3.78. The first-order valence-corrected chi connectivity index (χ1v) is 9.97. The molecule has 0 spiro atoms. The largest absolute Gasteiger partial charge is 0.497 e. The van der Waals surface area contributed by atoms with Crippen molar-refractivity contribution in [1.82, 2.24) is 10.2 Å². The Kier molecular flexibility index (Phi) is 8.48. The van der Waals surface area contributed by atoms with E-state index in [1.165, 1.54) is 0 Å². The molecular formula is C21H27ClN2O3S. The minimum Gasteiger partial charge on any atom is -0.497 e. The summed E-state index contributed by atoms with van der Waals surface area (Å²) >= 11 is 1.57. The Balaban J connectivity index is 0.00000280. The number of piperazine rings is 1. The van der Waals surface area contributed by atoms with E-state index in [-0.39, 0.29) is 29.6 Å². The molecule has 1 heterocycles. The molecule has 2 aromatic carbocycles. The second-order valence-electron chi connectivity index (χ2n) is 6.43. The Hall–Kier alpha value is -1.89. The van der Waals surface area contributed by atoms with Gasteiger partial charge in [0.1, 0.15) is 11.5 Å². The quantitative estimate of drug-likeness (QED) is 0.718. The van der Waals surface area contributed by atoms with Crippen LogP contribution in [0.15, 0.2) is 53.4 Å². The number of carbonyl (C=O) groups excluding carboxylic acids is 1. The normalized spacial score (nSPS) is 17.4. The number of halogens is 1. The van der Waals surface area contributed by atoms with Crippen molar-refractivity contribution < 1.29 is 14.3 Å². The molecule has 1 fully saturated rings. The van der Waals surface area contributed by atoms with Gasteiger partial charge in [-0.1, -0.05) is 18.2 Å². The lowest BCUT2D eigenvalue weighted by Gasteiger charge is -2.38. The molecule has 2 aromatic rings. The van der Waals surface area contributed by atoms with Crippen molar-refractivity contribution in [2.75, 3.05) is 33.9 Å². The van der Waals surface area contributed by atoms with Gasteiger partial charge in [0.2, 0.25) is 5.91 Å². The summed E-state index contributed by atoms with van der Waals surface area (Å²) in [6.07, 6.45) is 0. The molecule has 2 unspecified atom stereocenters. The van der Waals surface area contributed by atoms with Crippen LogP contribution in [0.2, 0.25) is 0 Å². The van der Waals surface area contributed by atoms with Crippen molar-refractivity contribution in [2.45, 2.75) is 23.1 Å². The van der Waals surface area contributed by atoms with E-state index in [9.17, 15) is 4.79 Å². The van der Waals surface area contributed by atoms with Gasteiger partial charge in [0.05, 0.1) is 25.5 Å². The molecule has 0 saturated carbocycles. The second kappa shape index (κ2) is 10.6. The van der Waals surface area contributed by atoms with E-state index in [4.69, 9.17) is 9.47 Å². The second-order valence-corrected chi connectivity index (χ2v) is 7.84. The Morgan fingerprint density at radius 2 is 1.86 bits per heavy atom. The van der Waals surface area contributed by atoms with E-state index in [2.05, 4.69) is 5.32 Å². The molecule has 1 aliphatic rings. The molecule has 2 atom stereocenters. The average Bonchev–Trinajstić information content (AvgIpc) is 2.73. The number of nitrogens with zero attached hydrogens (tertiary/aromatic N) is 1. The van der Waals surface area contributed by atoms with Gasteiger partial charge in [0.15, 0.2) is 0 Å². The first-order valence-electron chi connectivity index (χ1n) is 9.09. The summed E-state index contributed by atoms with van der Waals surface area (Å²) in [6.45, 7) is 4.19. The topological polar surface area (TPSA) is 50.8 Å². The zero-order valence-electron chi connectivity index (χ0n) is 16.4. The Labute approximate surface area is 177 Å². The van der Waals surface area contributed by atoms with Crippen LogP contribution in [0.1, 0.15) is 18.5 Å². The molecule has 1 aliphatic heterocycles. The zero-order valence-corrected chi connectivity index (χ0v) is 18.0. The van der Waals surface area contributed by atoms with Gasteiger partial charge in [-0.25, -0.2) is 0 Å². The lowest BCUT2D eigenvalue weighted by molar-refractivity contribution is -0.133. The number of rotatable bonds is 6. The van der Waals surface area contributed by atoms with Gasteiger partial charge in [-0.3, -0.25) is 4.79 Å². The lowest BCUT2D eigenvalue weighted by Crippen LogP contribution is -2.50. The van der Waals surface area contributed by atoms with Crippen LogP contribution >= 0.6 is 24.2 Å². The highest BCUT2D eigenvalue weighted by atomic mass is 35.5. The molecule has 1 amide bonds. The van der Waals surface area contributed by atoms with Gasteiger partial charge in [0.25, 0.3) is 0 Å². The van der Waals surface area contributed by atoms with Crippen LogP contribution in [0.25, 0.3) is 0 Å². The summed E-state index contributed by atoms with van der Waals surface area (Å²) in [7, 11) is 3.32. The minimum absolute atomic E-state index is 0. The number of hydrogen-bond donors (Lipinski definition) is 1. The van der Waals surface area contributed by atoms with Crippen LogP contribution in [-0.2, 0) is 4.79 Å². The van der Waals surface area contributed by atoms with Gasteiger partial charge in [-0.2, -0.15) is 0 Å². The van der Waals surface area contributed by atoms with Crippen LogP contribution in [0.3, 0.4) is 0 Å². The number of para-hydroxylation sites is 1. The molecule has 152 valence electrons. The number of ether oxygens (including phenoxy) is 2. The minimum atomic E-state index is -0.172. The maximum atomic E-state index is 13.2. The van der Waals surface area contributed by atoms with Crippen LogP contribution in [0, 0.1) is 0 Å². The highest BCUT2D eigenvalue weighted by Gasteiger charge is 2.32. The first kappa shape index (κ1) is 22.4. The van der Waals surface area contributed by atoms with Crippen molar-refractivity contribution in [1.29, 1.82) is 0 Å². The van der Waals surface area contributed by atoms with Gasteiger partial charge in [-0.15, -0.1) is 24.2 Å². The van der Waals surface area contributed by atoms with Crippen LogP contribution < -0.4 is 14.8 Å². The van der Waals surface area contributed by atoms with Crippen molar-refractivity contribution in [3.05, 3.63) is 54.1 Å². The zero-order chi connectivity index (χ0) is 19.2. The van der Waals surface area contributed by atoms with Crippen LogP contribution in [0.5, 0.6) is 11.5 Å². The molecule has 0 aromatic heterocycles. The summed E-state index contributed by atoms with van der Waals surface area (Å²) in [6, 6.07) is 15.7. The fourth-order valence-corrected chi connectivity index (χ4v) is 4.27. The number of methoxy groups -OCH3 is 2. The molecule has 3 rings (SSSR count). The Morgan fingerprint density at radius 3 is 2.54 bits per heavy atom. The molecule has 28 heavy (non-hydrogen) atoms. The van der Waals surface area contributed by atoms with Gasteiger partial charge >= 0.3 is 0 Å².